The van der Waals surface area contributed by atoms with Gasteiger partial charge in [0, 0.05) is 47.4 Å². The van der Waals surface area contributed by atoms with Crippen molar-refractivity contribution < 1.29 is 8.42 Å². The standard InChI is InChI=1S/C23H22N4O3S3/c28-22-21-18(19-7-4-13-31-19)16-32-23(21)25-20(24-22)15-26-9-11-27(12-10-26)33(29,30)14-8-17-5-2-1-3-6-17/h1-8,13-14,16H,9-12,15H2,(H,24,25,28)/b14-8+. The lowest BCUT2D eigenvalue weighted by Crippen LogP contribution is -2.47. The zero-order valence-corrected chi connectivity index (χ0v) is 20.1. The Morgan fingerprint density at radius 3 is 2.55 bits per heavy atom. The van der Waals surface area contributed by atoms with Gasteiger partial charge in [-0.05, 0) is 23.1 Å². The fourth-order valence-corrected chi connectivity index (χ4v) is 6.80. The van der Waals surface area contributed by atoms with Crippen molar-refractivity contribution in [1.82, 2.24) is 19.2 Å². The Hall–Kier alpha value is -2.63. The van der Waals surface area contributed by atoms with Crippen molar-refractivity contribution in [2.75, 3.05) is 26.2 Å². The molecule has 0 radical (unpaired) electrons. The average Bonchev–Trinajstić information content (AvgIpc) is 3.49. The zero-order valence-electron chi connectivity index (χ0n) is 17.7. The number of nitrogens with one attached hydrogen (secondary N) is 1. The number of hydrogen-bond donors (Lipinski definition) is 1. The molecule has 1 N–H and O–H groups in total. The summed E-state index contributed by atoms with van der Waals surface area (Å²) in [6, 6.07) is 13.3. The van der Waals surface area contributed by atoms with E-state index in [9.17, 15) is 13.2 Å². The third-order valence-corrected chi connectivity index (χ3v) is 8.92. The summed E-state index contributed by atoms with van der Waals surface area (Å²) in [5.74, 6) is 0.604. The van der Waals surface area contributed by atoms with Gasteiger partial charge in [-0.25, -0.2) is 13.4 Å². The molecule has 1 fully saturated rings. The highest BCUT2D eigenvalue weighted by Crippen LogP contribution is 2.33. The van der Waals surface area contributed by atoms with Gasteiger partial charge in [-0.2, -0.15) is 4.31 Å². The van der Waals surface area contributed by atoms with E-state index in [1.54, 1.807) is 17.4 Å². The molecule has 33 heavy (non-hydrogen) atoms. The fourth-order valence-electron chi connectivity index (χ4n) is 3.85. The van der Waals surface area contributed by atoms with Crippen LogP contribution in [0.1, 0.15) is 11.4 Å². The van der Waals surface area contributed by atoms with E-state index in [1.165, 1.54) is 21.1 Å². The number of nitrogens with zero attached hydrogens (tertiary/aromatic N) is 3. The highest BCUT2D eigenvalue weighted by Gasteiger charge is 2.25. The number of rotatable bonds is 6. The minimum absolute atomic E-state index is 0.132. The molecule has 7 nitrogen and oxygen atoms in total. The van der Waals surface area contributed by atoms with E-state index in [0.717, 1.165) is 20.8 Å². The smallest absolute Gasteiger partial charge is 0.260 e. The Kier molecular flexibility index (Phi) is 6.26. The predicted octanol–water partition coefficient (Wildman–Crippen LogP) is 3.83. The summed E-state index contributed by atoms with van der Waals surface area (Å²) >= 11 is 3.07. The lowest BCUT2D eigenvalue weighted by molar-refractivity contribution is 0.179. The molecule has 10 heteroatoms. The first-order valence-electron chi connectivity index (χ1n) is 10.5. The van der Waals surface area contributed by atoms with Crippen LogP contribution in [-0.4, -0.2) is 53.8 Å². The summed E-state index contributed by atoms with van der Waals surface area (Å²) in [4.78, 5) is 24.3. The Labute approximate surface area is 199 Å². The molecule has 4 aromatic rings. The molecule has 0 unspecified atom stereocenters. The van der Waals surface area contributed by atoms with Crippen LogP contribution in [0.3, 0.4) is 0 Å². The summed E-state index contributed by atoms with van der Waals surface area (Å²) in [7, 11) is -3.48. The molecule has 1 aliphatic heterocycles. The molecule has 1 saturated heterocycles. The normalized spacial score (nSPS) is 16.1. The van der Waals surface area contributed by atoms with Crippen molar-refractivity contribution in [3.63, 3.8) is 0 Å². The summed E-state index contributed by atoms with van der Waals surface area (Å²) in [5, 5.41) is 5.88. The largest absolute Gasteiger partial charge is 0.309 e. The number of aromatic amines is 1. The zero-order chi connectivity index (χ0) is 22.8. The van der Waals surface area contributed by atoms with Gasteiger partial charge in [0.1, 0.15) is 10.7 Å². The average molecular weight is 499 g/mol. The number of hydrogen-bond acceptors (Lipinski definition) is 7. The number of aromatic nitrogens is 2. The van der Waals surface area contributed by atoms with E-state index in [4.69, 9.17) is 0 Å². The molecule has 3 aromatic heterocycles. The topological polar surface area (TPSA) is 86.4 Å². The highest BCUT2D eigenvalue weighted by atomic mass is 32.2. The second kappa shape index (κ2) is 9.32. The maximum absolute atomic E-state index is 12.8. The first-order valence-corrected chi connectivity index (χ1v) is 13.8. The molecule has 0 atom stereocenters. The number of sulfonamides is 1. The molecule has 0 bridgehead atoms. The van der Waals surface area contributed by atoms with Crippen LogP contribution in [0.25, 0.3) is 26.7 Å². The van der Waals surface area contributed by atoms with Gasteiger partial charge in [0.25, 0.3) is 5.56 Å². The molecule has 5 rings (SSSR count). The van der Waals surface area contributed by atoms with Crippen LogP contribution in [0.2, 0.25) is 0 Å². The van der Waals surface area contributed by atoms with Crippen molar-refractivity contribution in [2.45, 2.75) is 6.54 Å². The van der Waals surface area contributed by atoms with E-state index in [1.807, 2.05) is 53.2 Å². The number of fused-ring (bicyclic) bond motifs is 1. The van der Waals surface area contributed by atoms with Crippen LogP contribution >= 0.6 is 22.7 Å². The van der Waals surface area contributed by atoms with Gasteiger partial charge in [-0.1, -0.05) is 36.4 Å². The lowest BCUT2D eigenvalue weighted by atomic mass is 10.2. The lowest BCUT2D eigenvalue weighted by Gasteiger charge is -2.32. The molecule has 0 aliphatic carbocycles. The Morgan fingerprint density at radius 1 is 1.03 bits per heavy atom. The molecular weight excluding hydrogens is 476 g/mol. The predicted molar refractivity (Wildman–Crippen MR) is 135 cm³/mol. The van der Waals surface area contributed by atoms with Crippen LogP contribution in [0, 0.1) is 0 Å². The van der Waals surface area contributed by atoms with Gasteiger partial charge in [0.2, 0.25) is 10.0 Å². The van der Waals surface area contributed by atoms with E-state index in [0.29, 0.717) is 43.9 Å². The van der Waals surface area contributed by atoms with Crippen molar-refractivity contribution in [1.29, 1.82) is 0 Å². The maximum Gasteiger partial charge on any atom is 0.260 e. The summed E-state index contributed by atoms with van der Waals surface area (Å²) in [6.07, 6.45) is 1.62. The number of piperazine rings is 1. The van der Waals surface area contributed by atoms with E-state index in [-0.39, 0.29) is 5.56 Å². The number of thiophene rings is 2. The van der Waals surface area contributed by atoms with Gasteiger partial charge >= 0.3 is 0 Å². The summed E-state index contributed by atoms with van der Waals surface area (Å²) < 4.78 is 26.9. The third-order valence-electron chi connectivity index (χ3n) is 5.58. The molecule has 170 valence electrons. The van der Waals surface area contributed by atoms with Gasteiger partial charge in [-0.3, -0.25) is 9.69 Å². The minimum atomic E-state index is -3.48. The Morgan fingerprint density at radius 2 is 1.82 bits per heavy atom. The van der Waals surface area contributed by atoms with Crippen LogP contribution in [0.5, 0.6) is 0 Å². The maximum atomic E-state index is 12.8. The quantitative estimate of drug-likeness (QED) is 0.437. The number of H-pyrrole nitrogens is 1. The Balaban J connectivity index is 1.25. The van der Waals surface area contributed by atoms with Gasteiger partial charge in [0.15, 0.2) is 0 Å². The SMILES string of the molecule is O=c1[nH]c(CN2CCN(S(=O)(=O)/C=C/c3ccccc3)CC2)nc2scc(-c3cccs3)c12. The molecule has 1 aliphatic rings. The van der Waals surface area contributed by atoms with Gasteiger partial charge < -0.3 is 4.98 Å². The molecule has 1 aromatic carbocycles. The van der Waals surface area contributed by atoms with Crippen molar-refractivity contribution in [3.8, 4) is 10.4 Å². The van der Waals surface area contributed by atoms with Gasteiger partial charge in [-0.15, -0.1) is 22.7 Å². The first-order chi connectivity index (χ1) is 16.0. The van der Waals surface area contributed by atoms with Crippen molar-refractivity contribution >= 4 is 49.0 Å². The second-order valence-electron chi connectivity index (χ2n) is 7.75. The fraction of sp³-hybridized carbons (Fsp3) is 0.217. The van der Waals surface area contributed by atoms with Crippen molar-refractivity contribution in [3.05, 3.63) is 80.4 Å². The third kappa shape index (κ3) is 4.85. The summed E-state index contributed by atoms with van der Waals surface area (Å²) in [6.45, 7) is 2.42. The first kappa shape index (κ1) is 22.2. The van der Waals surface area contributed by atoms with Crippen LogP contribution in [0.4, 0.5) is 0 Å². The van der Waals surface area contributed by atoms with Crippen LogP contribution < -0.4 is 5.56 Å². The van der Waals surface area contributed by atoms with Crippen LogP contribution in [-0.2, 0) is 16.6 Å². The molecule has 4 heterocycles. The van der Waals surface area contributed by atoms with Crippen molar-refractivity contribution in [2.24, 2.45) is 0 Å². The van der Waals surface area contributed by atoms with Crippen LogP contribution in [0.15, 0.2) is 63.4 Å². The van der Waals surface area contributed by atoms with E-state index in [2.05, 4.69) is 14.9 Å². The van der Waals surface area contributed by atoms with E-state index >= 15 is 0 Å². The molecule has 0 saturated carbocycles. The highest BCUT2D eigenvalue weighted by molar-refractivity contribution is 7.92. The second-order valence-corrected chi connectivity index (χ2v) is 11.4. The summed E-state index contributed by atoms with van der Waals surface area (Å²) in [5.41, 5.74) is 1.64. The van der Waals surface area contributed by atoms with Gasteiger partial charge in [0.05, 0.1) is 11.9 Å². The van der Waals surface area contributed by atoms with E-state index < -0.39 is 10.0 Å². The number of benzene rings is 1. The molecular formula is C23H22N4O3S3. The molecule has 0 amide bonds. The minimum Gasteiger partial charge on any atom is -0.309 e. The monoisotopic (exact) mass is 498 g/mol. The Bertz CT molecular complexity index is 1430. The molecule has 0 spiro atoms.